The molecule has 1 rings (SSSR count). The largest absolute Gasteiger partial charge is 0.312 e. The number of hydrogen-bond donors (Lipinski definition) is 1. The Labute approximate surface area is 98.2 Å². The molecule has 0 amide bonds. The number of benzene rings is 1. The highest BCUT2D eigenvalue weighted by atomic mass is 79.9. The lowest BCUT2D eigenvalue weighted by Gasteiger charge is -2.03. The lowest BCUT2D eigenvalue weighted by atomic mass is 10.2. The van der Waals surface area contributed by atoms with E-state index in [0.717, 1.165) is 23.0 Å². The van der Waals surface area contributed by atoms with Crippen LogP contribution in [0.2, 0.25) is 0 Å². The van der Waals surface area contributed by atoms with Crippen LogP contribution in [0.1, 0.15) is 18.9 Å². The van der Waals surface area contributed by atoms with Gasteiger partial charge in [-0.2, -0.15) is 0 Å². The van der Waals surface area contributed by atoms with E-state index in [4.69, 9.17) is 0 Å². The maximum atomic E-state index is 13.0. The average molecular weight is 270 g/mol. The van der Waals surface area contributed by atoms with Gasteiger partial charge < -0.3 is 5.32 Å². The highest BCUT2D eigenvalue weighted by Gasteiger charge is 1.98. The normalized spacial score (nSPS) is 9.53. The van der Waals surface area contributed by atoms with E-state index in [2.05, 4.69) is 33.1 Å². The third kappa shape index (κ3) is 4.96. The first-order valence-electron chi connectivity index (χ1n) is 4.77. The summed E-state index contributed by atoms with van der Waals surface area (Å²) in [5, 5.41) is 3.20. The molecule has 15 heavy (non-hydrogen) atoms. The Hall–Kier alpha value is -0.850. The summed E-state index contributed by atoms with van der Waals surface area (Å²) in [6.45, 7) is 3.32. The smallest absolute Gasteiger partial charge is 0.124 e. The molecule has 0 heterocycles. The zero-order chi connectivity index (χ0) is 11.1. The standard InChI is InChI=1S/C12H13BrFN/c1-2-3-4-5-15-9-10-6-11(13)8-12(14)7-10/h6-8,15H,4-5,9H2,1H3. The van der Waals surface area contributed by atoms with E-state index in [1.807, 2.05) is 13.0 Å². The van der Waals surface area contributed by atoms with Crippen molar-refractivity contribution in [3.63, 3.8) is 0 Å². The van der Waals surface area contributed by atoms with E-state index in [-0.39, 0.29) is 5.82 Å². The first-order valence-corrected chi connectivity index (χ1v) is 5.57. The van der Waals surface area contributed by atoms with Crippen LogP contribution in [0.5, 0.6) is 0 Å². The molecule has 1 nitrogen and oxygen atoms in total. The van der Waals surface area contributed by atoms with Gasteiger partial charge in [0.2, 0.25) is 0 Å². The van der Waals surface area contributed by atoms with Crippen LogP contribution in [-0.2, 0) is 6.54 Å². The molecule has 1 aromatic carbocycles. The van der Waals surface area contributed by atoms with E-state index in [9.17, 15) is 4.39 Å². The van der Waals surface area contributed by atoms with Gasteiger partial charge >= 0.3 is 0 Å². The fraction of sp³-hybridized carbons (Fsp3) is 0.333. The van der Waals surface area contributed by atoms with Crippen LogP contribution in [0.15, 0.2) is 22.7 Å². The zero-order valence-electron chi connectivity index (χ0n) is 8.61. The third-order valence-electron chi connectivity index (χ3n) is 1.86. The number of halogens is 2. The summed E-state index contributed by atoms with van der Waals surface area (Å²) in [6, 6.07) is 4.89. The molecule has 0 saturated carbocycles. The molecule has 0 aliphatic rings. The molecular weight excluding hydrogens is 257 g/mol. The fourth-order valence-corrected chi connectivity index (χ4v) is 1.73. The summed E-state index contributed by atoms with van der Waals surface area (Å²) in [5.74, 6) is 5.58. The molecule has 0 atom stereocenters. The third-order valence-corrected chi connectivity index (χ3v) is 2.31. The SMILES string of the molecule is CC#CCCNCc1cc(F)cc(Br)c1. The highest BCUT2D eigenvalue weighted by molar-refractivity contribution is 9.10. The second-order valence-electron chi connectivity index (χ2n) is 3.13. The molecule has 3 heteroatoms. The molecule has 0 aliphatic carbocycles. The van der Waals surface area contributed by atoms with Gasteiger partial charge in [0.05, 0.1) is 0 Å². The van der Waals surface area contributed by atoms with E-state index < -0.39 is 0 Å². The Bertz CT molecular complexity index is 359. The maximum absolute atomic E-state index is 13.0. The minimum Gasteiger partial charge on any atom is -0.312 e. The molecule has 0 saturated heterocycles. The molecule has 0 fully saturated rings. The van der Waals surface area contributed by atoms with Gasteiger partial charge in [0.25, 0.3) is 0 Å². The summed E-state index contributed by atoms with van der Waals surface area (Å²) >= 11 is 3.26. The van der Waals surface area contributed by atoms with Gasteiger partial charge in [0, 0.05) is 24.0 Å². The lowest BCUT2D eigenvalue weighted by Crippen LogP contribution is -2.14. The molecule has 80 valence electrons. The van der Waals surface area contributed by atoms with E-state index in [1.165, 1.54) is 12.1 Å². The molecule has 0 aromatic heterocycles. The van der Waals surface area contributed by atoms with Crippen molar-refractivity contribution in [1.82, 2.24) is 5.32 Å². The van der Waals surface area contributed by atoms with Gasteiger partial charge in [-0.15, -0.1) is 11.8 Å². The summed E-state index contributed by atoms with van der Waals surface area (Å²) in [5.41, 5.74) is 0.936. The van der Waals surface area contributed by atoms with Crippen molar-refractivity contribution in [1.29, 1.82) is 0 Å². The van der Waals surface area contributed by atoms with Crippen molar-refractivity contribution < 1.29 is 4.39 Å². The summed E-state index contributed by atoms with van der Waals surface area (Å²) in [4.78, 5) is 0. The van der Waals surface area contributed by atoms with Crippen LogP contribution in [0.4, 0.5) is 4.39 Å². The molecule has 1 aromatic rings. The number of nitrogens with one attached hydrogen (secondary N) is 1. The van der Waals surface area contributed by atoms with Gasteiger partial charge in [-0.25, -0.2) is 4.39 Å². The highest BCUT2D eigenvalue weighted by Crippen LogP contribution is 2.14. The van der Waals surface area contributed by atoms with Crippen LogP contribution in [0, 0.1) is 17.7 Å². The maximum Gasteiger partial charge on any atom is 0.124 e. The molecule has 0 radical (unpaired) electrons. The van der Waals surface area contributed by atoms with Gasteiger partial charge in [-0.1, -0.05) is 15.9 Å². The summed E-state index contributed by atoms with van der Waals surface area (Å²) in [6.07, 6.45) is 0.826. The molecule has 0 aliphatic heterocycles. The average Bonchev–Trinajstić information content (AvgIpc) is 2.16. The predicted molar refractivity (Wildman–Crippen MR) is 63.9 cm³/mol. The second kappa shape index (κ2) is 6.60. The van der Waals surface area contributed by atoms with Crippen LogP contribution in [-0.4, -0.2) is 6.54 Å². The van der Waals surface area contributed by atoms with Gasteiger partial charge in [0.15, 0.2) is 0 Å². The predicted octanol–water partition coefficient (Wildman–Crippen LogP) is 3.09. The van der Waals surface area contributed by atoms with Crippen molar-refractivity contribution in [3.05, 3.63) is 34.1 Å². The Morgan fingerprint density at radius 2 is 2.20 bits per heavy atom. The molecule has 0 unspecified atom stereocenters. The quantitative estimate of drug-likeness (QED) is 0.655. The topological polar surface area (TPSA) is 12.0 Å². The van der Waals surface area contributed by atoms with Crippen LogP contribution in [0.25, 0.3) is 0 Å². The van der Waals surface area contributed by atoms with Crippen LogP contribution in [0.3, 0.4) is 0 Å². The number of hydrogen-bond acceptors (Lipinski definition) is 1. The molecule has 0 spiro atoms. The van der Waals surface area contributed by atoms with Gasteiger partial charge in [-0.05, 0) is 30.7 Å². The second-order valence-corrected chi connectivity index (χ2v) is 4.05. The Kier molecular flexibility index (Phi) is 5.38. The minimum atomic E-state index is -0.213. The Morgan fingerprint density at radius 1 is 1.40 bits per heavy atom. The van der Waals surface area contributed by atoms with Crippen molar-refractivity contribution in [2.45, 2.75) is 19.9 Å². The first kappa shape index (κ1) is 12.2. The van der Waals surface area contributed by atoms with Gasteiger partial charge in [-0.3, -0.25) is 0 Å². The van der Waals surface area contributed by atoms with Crippen LogP contribution < -0.4 is 5.32 Å². The fourth-order valence-electron chi connectivity index (χ4n) is 1.22. The molecular formula is C12H13BrFN. The minimum absolute atomic E-state index is 0.213. The van der Waals surface area contributed by atoms with Crippen molar-refractivity contribution in [2.75, 3.05) is 6.54 Å². The number of rotatable bonds is 4. The van der Waals surface area contributed by atoms with E-state index in [1.54, 1.807) is 0 Å². The van der Waals surface area contributed by atoms with E-state index in [0.29, 0.717) is 6.54 Å². The monoisotopic (exact) mass is 269 g/mol. The Balaban J connectivity index is 2.39. The van der Waals surface area contributed by atoms with Crippen LogP contribution >= 0.6 is 15.9 Å². The van der Waals surface area contributed by atoms with Crippen molar-refractivity contribution >= 4 is 15.9 Å². The van der Waals surface area contributed by atoms with E-state index >= 15 is 0 Å². The summed E-state index contributed by atoms with van der Waals surface area (Å²) < 4.78 is 13.7. The molecule has 0 bridgehead atoms. The van der Waals surface area contributed by atoms with Crippen molar-refractivity contribution in [3.8, 4) is 11.8 Å². The zero-order valence-corrected chi connectivity index (χ0v) is 10.2. The lowest BCUT2D eigenvalue weighted by molar-refractivity contribution is 0.620. The summed E-state index contributed by atoms with van der Waals surface area (Å²) in [7, 11) is 0. The Morgan fingerprint density at radius 3 is 2.87 bits per heavy atom. The molecule has 1 N–H and O–H groups in total. The van der Waals surface area contributed by atoms with Gasteiger partial charge in [0.1, 0.15) is 5.82 Å². The first-order chi connectivity index (χ1) is 7.22. The van der Waals surface area contributed by atoms with Crippen molar-refractivity contribution in [2.24, 2.45) is 0 Å².